The second kappa shape index (κ2) is 8.87. The largest absolute Gasteiger partial charge is 0.385 e. The van der Waals surface area contributed by atoms with E-state index in [0.29, 0.717) is 13.0 Å². The Morgan fingerprint density at radius 1 is 0.960 bits per heavy atom. The molecule has 5 nitrogen and oxygen atoms in total. The number of nitrogens with one attached hydrogen (secondary N) is 3. The summed E-state index contributed by atoms with van der Waals surface area (Å²) in [7, 11) is 0. The summed E-state index contributed by atoms with van der Waals surface area (Å²) >= 11 is 0. The number of carbonyl (C=O) groups is 2. The minimum atomic E-state index is -0.0972. The quantitative estimate of drug-likeness (QED) is 0.715. The Balaban J connectivity index is 1.84. The molecule has 0 bridgehead atoms. The van der Waals surface area contributed by atoms with Crippen LogP contribution in [0.3, 0.4) is 0 Å². The van der Waals surface area contributed by atoms with Crippen molar-refractivity contribution >= 4 is 28.9 Å². The van der Waals surface area contributed by atoms with Crippen LogP contribution >= 0.6 is 0 Å². The molecule has 0 saturated heterocycles. The Hall–Kier alpha value is -2.82. The minimum Gasteiger partial charge on any atom is -0.385 e. The van der Waals surface area contributed by atoms with Gasteiger partial charge in [-0.05, 0) is 48.7 Å². The maximum absolute atomic E-state index is 12.2. The molecule has 3 N–H and O–H groups in total. The molecule has 0 fully saturated rings. The average Bonchev–Trinajstić information content (AvgIpc) is 2.58. The third-order valence-corrected chi connectivity index (χ3v) is 3.89. The summed E-state index contributed by atoms with van der Waals surface area (Å²) in [6.07, 6.45) is 1.27. The van der Waals surface area contributed by atoms with Crippen molar-refractivity contribution in [2.75, 3.05) is 22.5 Å². The van der Waals surface area contributed by atoms with E-state index in [1.165, 1.54) is 6.92 Å². The highest BCUT2D eigenvalue weighted by atomic mass is 16.2. The van der Waals surface area contributed by atoms with Crippen LogP contribution in [0.1, 0.15) is 31.4 Å². The third-order valence-electron chi connectivity index (χ3n) is 3.89. The fraction of sp³-hybridized carbons (Fsp3) is 0.300. The number of aryl methyl sites for hydroxylation is 2. The Bertz CT molecular complexity index is 739. The summed E-state index contributed by atoms with van der Waals surface area (Å²) in [5.74, 6) is -0.105. The summed E-state index contributed by atoms with van der Waals surface area (Å²) in [5, 5.41) is 8.95. The summed E-state index contributed by atoms with van der Waals surface area (Å²) in [4.78, 5) is 23.2. The lowest BCUT2D eigenvalue weighted by Crippen LogP contribution is -2.17. The maximum atomic E-state index is 12.2. The molecule has 2 aromatic carbocycles. The van der Waals surface area contributed by atoms with Crippen molar-refractivity contribution in [1.29, 1.82) is 0 Å². The monoisotopic (exact) mass is 339 g/mol. The molecule has 0 heterocycles. The number of para-hydroxylation sites is 1. The van der Waals surface area contributed by atoms with Crippen molar-refractivity contribution in [3.8, 4) is 0 Å². The summed E-state index contributed by atoms with van der Waals surface area (Å²) < 4.78 is 0. The van der Waals surface area contributed by atoms with Gasteiger partial charge in [-0.25, -0.2) is 0 Å². The summed E-state index contributed by atoms with van der Waals surface area (Å²) in [6, 6.07) is 13.5. The first-order valence-electron chi connectivity index (χ1n) is 8.49. The normalized spacial score (nSPS) is 10.2. The molecule has 25 heavy (non-hydrogen) atoms. The summed E-state index contributed by atoms with van der Waals surface area (Å²) in [5.41, 5.74) is 4.81. The SMILES string of the molecule is CCc1cccc(C)c1NC(=O)CCNc1ccc(NC(C)=O)cc1. The Labute approximate surface area is 148 Å². The number of carbonyl (C=O) groups excluding carboxylic acids is 2. The van der Waals surface area contributed by atoms with E-state index >= 15 is 0 Å². The van der Waals surface area contributed by atoms with E-state index in [9.17, 15) is 9.59 Å². The molecule has 0 radical (unpaired) electrons. The Morgan fingerprint density at radius 2 is 1.64 bits per heavy atom. The third kappa shape index (κ3) is 5.64. The average molecular weight is 339 g/mol. The van der Waals surface area contributed by atoms with E-state index in [0.717, 1.165) is 34.6 Å². The van der Waals surface area contributed by atoms with E-state index in [4.69, 9.17) is 0 Å². The topological polar surface area (TPSA) is 70.2 Å². The van der Waals surface area contributed by atoms with Gasteiger partial charge in [0, 0.05) is 37.0 Å². The molecular weight excluding hydrogens is 314 g/mol. The molecule has 132 valence electrons. The highest BCUT2D eigenvalue weighted by Gasteiger charge is 2.08. The number of benzene rings is 2. The van der Waals surface area contributed by atoms with Crippen molar-refractivity contribution in [1.82, 2.24) is 0 Å². The Kier molecular flexibility index (Phi) is 6.57. The van der Waals surface area contributed by atoms with Crippen LogP contribution in [0.4, 0.5) is 17.1 Å². The van der Waals surface area contributed by atoms with Crippen molar-refractivity contribution in [3.63, 3.8) is 0 Å². The van der Waals surface area contributed by atoms with Crippen LogP contribution in [-0.4, -0.2) is 18.4 Å². The highest BCUT2D eigenvalue weighted by molar-refractivity contribution is 5.92. The molecule has 0 unspecified atom stereocenters. The first-order valence-corrected chi connectivity index (χ1v) is 8.49. The van der Waals surface area contributed by atoms with Gasteiger partial charge in [0.05, 0.1) is 0 Å². The van der Waals surface area contributed by atoms with E-state index in [2.05, 4.69) is 22.9 Å². The van der Waals surface area contributed by atoms with E-state index in [1.807, 2.05) is 49.4 Å². The molecular formula is C20H25N3O2. The van der Waals surface area contributed by atoms with Crippen LogP contribution < -0.4 is 16.0 Å². The lowest BCUT2D eigenvalue weighted by Gasteiger charge is -2.13. The number of rotatable bonds is 7. The van der Waals surface area contributed by atoms with Gasteiger partial charge in [-0.2, -0.15) is 0 Å². The van der Waals surface area contributed by atoms with E-state index < -0.39 is 0 Å². The molecule has 0 aliphatic heterocycles. The smallest absolute Gasteiger partial charge is 0.226 e. The molecule has 0 saturated carbocycles. The maximum Gasteiger partial charge on any atom is 0.226 e. The summed E-state index contributed by atoms with van der Waals surface area (Å²) in [6.45, 7) is 6.10. The molecule has 0 aliphatic rings. The van der Waals surface area contributed by atoms with E-state index in [-0.39, 0.29) is 11.8 Å². The van der Waals surface area contributed by atoms with Crippen LogP contribution in [-0.2, 0) is 16.0 Å². The van der Waals surface area contributed by atoms with Gasteiger partial charge in [0.15, 0.2) is 0 Å². The number of anilines is 3. The minimum absolute atomic E-state index is 0.00799. The van der Waals surface area contributed by atoms with Gasteiger partial charge in [0.1, 0.15) is 0 Å². The van der Waals surface area contributed by atoms with Gasteiger partial charge < -0.3 is 16.0 Å². The van der Waals surface area contributed by atoms with Gasteiger partial charge in [0.2, 0.25) is 11.8 Å². The Morgan fingerprint density at radius 3 is 2.28 bits per heavy atom. The van der Waals surface area contributed by atoms with Crippen molar-refractivity contribution < 1.29 is 9.59 Å². The lowest BCUT2D eigenvalue weighted by atomic mass is 10.1. The second-order valence-corrected chi connectivity index (χ2v) is 5.95. The fourth-order valence-corrected chi connectivity index (χ4v) is 2.60. The number of hydrogen-bond donors (Lipinski definition) is 3. The number of hydrogen-bond acceptors (Lipinski definition) is 3. The first kappa shape index (κ1) is 18.5. The molecule has 2 rings (SSSR count). The van der Waals surface area contributed by atoms with Crippen LogP contribution in [0.2, 0.25) is 0 Å². The van der Waals surface area contributed by atoms with Crippen molar-refractivity contribution in [2.45, 2.75) is 33.6 Å². The number of amides is 2. The molecule has 0 atom stereocenters. The zero-order chi connectivity index (χ0) is 18.2. The molecule has 2 amide bonds. The molecule has 0 aliphatic carbocycles. The predicted octanol–water partition coefficient (Wildman–Crippen LogP) is 3.96. The van der Waals surface area contributed by atoms with Gasteiger partial charge in [0.25, 0.3) is 0 Å². The van der Waals surface area contributed by atoms with Gasteiger partial charge >= 0.3 is 0 Å². The van der Waals surface area contributed by atoms with Crippen LogP contribution in [0.25, 0.3) is 0 Å². The highest BCUT2D eigenvalue weighted by Crippen LogP contribution is 2.21. The van der Waals surface area contributed by atoms with Crippen molar-refractivity contribution in [3.05, 3.63) is 53.6 Å². The standard InChI is InChI=1S/C20H25N3O2/c1-4-16-7-5-6-14(2)20(16)23-19(25)12-13-21-17-8-10-18(11-9-17)22-15(3)24/h5-11,21H,4,12-13H2,1-3H3,(H,22,24)(H,23,25). The molecule has 0 aromatic heterocycles. The van der Waals surface area contributed by atoms with Crippen LogP contribution in [0, 0.1) is 6.92 Å². The van der Waals surface area contributed by atoms with Crippen LogP contribution in [0.15, 0.2) is 42.5 Å². The van der Waals surface area contributed by atoms with Gasteiger partial charge in [-0.15, -0.1) is 0 Å². The zero-order valence-corrected chi connectivity index (χ0v) is 15.0. The molecule has 2 aromatic rings. The van der Waals surface area contributed by atoms with E-state index in [1.54, 1.807) is 0 Å². The van der Waals surface area contributed by atoms with Crippen molar-refractivity contribution in [2.24, 2.45) is 0 Å². The fourth-order valence-electron chi connectivity index (χ4n) is 2.60. The molecule has 5 heteroatoms. The zero-order valence-electron chi connectivity index (χ0n) is 15.0. The van der Waals surface area contributed by atoms with Gasteiger partial charge in [-0.1, -0.05) is 25.1 Å². The van der Waals surface area contributed by atoms with Crippen LogP contribution in [0.5, 0.6) is 0 Å². The molecule has 0 spiro atoms. The van der Waals surface area contributed by atoms with Gasteiger partial charge in [-0.3, -0.25) is 9.59 Å². The second-order valence-electron chi connectivity index (χ2n) is 5.95. The lowest BCUT2D eigenvalue weighted by molar-refractivity contribution is -0.116. The first-order chi connectivity index (χ1) is 12.0. The predicted molar refractivity (Wildman–Crippen MR) is 103 cm³/mol.